The van der Waals surface area contributed by atoms with Gasteiger partial charge < -0.3 is 10.1 Å². The Morgan fingerprint density at radius 3 is 2.83 bits per heavy atom. The Bertz CT molecular complexity index is 384. The van der Waals surface area contributed by atoms with E-state index >= 15 is 0 Å². The Hall–Kier alpha value is -0.980. The van der Waals surface area contributed by atoms with E-state index < -0.39 is 0 Å². The second-order valence-corrected chi connectivity index (χ2v) is 4.60. The summed E-state index contributed by atoms with van der Waals surface area (Å²) >= 11 is 5.76. The number of nitrogens with zero attached hydrogens (tertiary/aromatic N) is 4. The maximum Gasteiger partial charge on any atom is 0.243 e. The molecule has 2 rings (SSSR count). The fourth-order valence-corrected chi connectivity index (χ4v) is 1.87. The quantitative estimate of drug-likeness (QED) is 0.805. The van der Waals surface area contributed by atoms with Crippen LogP contribution in [0.15, 0.2) is 0 Å². The molecular weight excluding hydrogens is 254 g/mol. The number of morpholine rings is 1. The predicted molar refractivity (Wildman–Crippen MR) is 69.9 cm³/mol. The molecule has 1 aliphatic heterocycles. The van der Waals surface area contributed by atoms with Crippen LogP contribution in [0.4, 0.5) is 5.95 Å². The summed E-state index contributed by atoms with van der Waals surface area (Å²) in [5, 5.41) is 11.2. The van der Waals surface area contributed by atoms with Gasteiger partial charge in [-0.2, -0.15) is 0 Å². The molecule has 1 fully saturated rings. The minimum atomic E-state index is 0.355. The second-order valence-electron chi connectivity index (χ2n) is 4.25. The lowest BCUT2D eigenvalue weighted by atomic mass is 10.3. The highest BCUT2D eigenvalue weighted by molar-refractivity contribution is 6.29. The van der Waals surface area contributed by atoms with E-state index in [2.05, 4.69) is 25.4 Å². The Kier molecular flexibility index (Phi) is 5.10. The molecule has 1 aliphatic rings. The molecule has 7 heteroatoms. The number of rotatable bonds is 5. The fourth-order valence-electron chi connectivity index (χ4n) is 1.79. The minimum Gasteiger partial charge on any atom is -0.379 e. The molecule has 0 bridgehead atoms. The average molecular weight is 272 g/mol. The first kappa shape index (κ1) is 13.5. The van der Waals surface area contributed by atoms with Gasteiger partial charge in [-0.1, -0.05) is 11.6 Å². The van der Waals surface area contributed by atoms with Crippen LogP contribution in [0.1, 0.15) is 12.1 Å². The van der Waals surface area contributed by atoms with Crippen LogP contribution in [0.2, 0.25) is 5.15 Å². The first-order valence-corrected chi connectivity index (χ1v) is 6.54. The second kappa shape index (κ2) is 6.82. The van der Waals surface area contributed by atoms with E-state index in [1.807, 2.05) is 6.92 Å². The number of hydrogen-bond donors (Lipinski definition) is 1. The molecule has 0 unspecified atom stereocenters. The van der Waals surface area contributed by atoms with Crippen molar-refractivity contribution in [2.45, 2.75) is 13.3 Å². The molecule has 1 N–H and O–H groups in total. The highest BCUT2D eigenvalue weighted by atomic mass is 35.5. The van der Waals surface area contributed by atoms with Gasteiger partial charge in [0.15, 0.2) is 5.15 Å². The van der Waals surface area contributed by atoms with E-state index in [0.717, 1.165) is 45.8 Å². The maximum atomic E-state index is 5.76. The lowest BCUT2D eigenvalue weighted by Crippen LogP contribution is -2.37. The third kappa shape index (κ3) is 4.04. The van der Waals surface area contributed by atoms with Gasteiger partial charge >= 0.3 is 0 Å². The molecule has 1 saturated heterocycles. The summed E-state index contributed by atoms with van der Waals surface area (Å²) in [6.07, 6.45) is 1.05. The summed E-state index contributed by atoms with van der Waals surface area (Å²) in [5.74, 6) is 0.541. The molecule has 0 atom stereocenters. The summed E-state index contributed by atoms with van der Waals surface area (Å²) in [5.41, 5.74) is 0.697. The Morgan fingerprint density at radius 1 is 1.33 bits per heavy atom. The van der Waals surface area contributed by atoms with Gasteiger partial charge in [-0.3, -0.25) is 4.90 Å². The molecule has 2 heterocycles. The molecular formula is C11H18ClN5O. The molecule has 0 spiro atoms. The number of halogens is 1. The van der Waals surface area contributed by atoms with Crippen LogP contribution in [-0.2, 0) is 4.74 Å². The van der Waals surface area contributed by atoms with Gasteiger partial charge in [-0.15, -0.1) is 10.2 Å². The largest absolute Gasteiger partial charge is 0.379 e. The van der Waals surface area contributed by atoms with Crippen LogP contribution in [0, 0.1) is 6.92 Å². The molecule has 0 aromatic carbocycles. The van der Waals surface area contributed by atoms with Crippen LogP contribution in [-0.4, -0.2) is 59.5 Å². The monoisotopic (exact) mass is 271 g/mol. The van der Waals surface area contributed by atoms with Gasteiger partial charge in [0.05, 0.1) is 18.9 Å². The molecule has 0 radical (unpaired) electrons. The van der Waals surface area contributed by atoms with E-state index in [1.165, 1.54) is 0 Å². The summed E-state index contributed by atoms with van der Waals surface area (Å²) in [7, 11) is 0. The van der Waals surface area contributed by atoms with Crippen molar-refractivity contribution >= 4 is 17.5 Å². The smallest absolute Gasteiger partial charge is 0.243 e. The van der Waals surface area contributed by atoms with Crippen molar-refractivity contribution in [3.05, 3.63) is 10.8 Å². The van der Waals surface area contributed by atoms with Gasteiger partial charge in [-0.25, -0.2) is 4.98 Å². The zero-order valence-electron chi connectivity index (χ0n) is 10.5. The van der Waals surface area contributed by atoms with Crippen molar-refractivity contribution in [3.8, 4) is 0 Å². The van der Waals surface area contributed by atoms with Crippen molar-refractivity contribution in [1.82, 2.24) is 20.1 Å². The number of aryl methyl sites for hydroxylation is 1. The van der Waals surface area contributed by atoms with E-state index in [0.29, 0.717) is 16.8 Å². The zero-order valence-corrected chi connectivity index (χ0v) is 11.3. The molecule has 1 aromatic rings. The standard InChI is InChI=1S/C11H18ClN5O/c1-9-10(12)15-16-11(14-9)13-3-2-4-17-5-7-18-8-6-17/h2-8H2,1H3,(H,13,14,16). The maximum absolute atomic E-state index is 5.76. The van der Waals surface area contributed by atoms with Crippen molar-refractivity contribution in [3.63, 3.8) is 0 Å². The van der Waals surface area contributed by atoms with Crippen LogP contribution in [0.3, 0.4) is 0 Å². The number of anilines is 1. The van der Waals surface area contributed by atoms with E-state index in [9.17, 15) is 0 Å². The number of hydrogen-bond acceptors (Lipinski definition) is 6. The molecule has 18 heavy (non-hydrogen) atoms. The van der Waals surface area contributed by atoms with E-state index in [-0.39, 0.29) is 0 Å². The van der Waals surface area contributed by atoms with Gasteiger partial charge in [0.25, 0.3) is 0 Å². The lowest BCUT2D eigenvalue weighted by Gasteiger charge is -2.26. The first-order valence-electron chi connectivity index (χ1n) is 6.16. The average Bonchev–Trinajstić information content (AvgIpc) is 2.40. The van der Waals surface area contributed by atoms with Gasteiger partial charge in [0, 0.05) is 19.6 Å². The summed E-state index contributed by atoms with van der Waals surface area (Å²) in [4.78, 5) is 6.61. The van der Waals surface area contributed by atoms with E-state index in [1.54, 1.807) is 0 Å². The molecule has 0 aliphatic carbocycles. The number of aromatic nitrogens is 3. The van der Waals surface area contributed by atoms with Gasteiger partial charge in [-0.05, 0) is 19.9 Å². The molecule has 100 valence electrons. The Labute approximate surface area is 112 Å². The molecule has 6 nitrogen and oxygen atoms in total. The predicted octanol–water partition coefficient (Wildman–Crippen LogP) is 0.968. The molecule has 1 aromatic heterocycles. The first-order chi connectivity index (χ1) is 8.75. The lowest BCUT2D eigenvalue weighted by molar-refractivity contribution is 0.0378. The normalized spacial score (nSPS) is 16.8. The van der Waals surface area contributed by atoms with Crippen LogP contribution < -0.4 is 5.32 Å². The van der Waals surface area contributed by atoms with Crippen LogP contribution in [0.5, 0.6) is 0 Å². The van der Waals surface area contributed by atoms with Crippen molar-refractivity contribution in [2.24, 2.45) is 0 Å². The summed E-state index contributed by atoms with van der Waals surface area (Å²) in [6, 6.07) is 0. The fraction of sp³-hybridized carbons (Fsp3) is 0.727. The van der Waals surface area contributed by atoms with Crippen molar-refractivity contribution in [2.75, 3.05) is 44.7 Å². The summed E-state index contributed by atoms with van der Waals surface area (Å²) < 4.78 is 5.30. The van der Waals surface area contributed by atoms with Crippen molar-refractivity contribution in [1.29, 1.82) is 0 Å². The van der Waals surface area contributed by atoms with Crippen LogP contribution >= 0.6 is 11.6 Å². The Morgan fingerprint density at radius 2 is 2.11 bits per heavy atom. The van der Waals surface area contributed by atoms with Crippen LogP contribution in [0.25, 0.3) is 0 Å². The van der Waals surface area contributed by atoms with Crippen molar-refractivity contribution < 1.29 is 4.74 Å². The SMILES string of the molecule is Cc1nc(NCCCN2CCOCC2)nnc1Cl. The molecule has 0 saturated carbocycles. The highest BCUT2D eigenvalue weighted by Crippen LogP contribution is 2.08. The highest BCUT2D eigenvalue weighted by Gasteiger charge is 2.09. The zero-order chi connectivity index (χ0) is 12.8. The molecule has 0 amide bonds. The number of ether oxygens (including phenoxy) is 1. The topological polar surface area (TPSA) is 63.2 Å². The third-order valence-electron chi connectivity index (χ3n) is 2.84. The number of nitrogens with one attached hydrogen (secondary N) is 1. The van der Waals surface area contributed by atoms with Gasteiger partial charge in [0.2, 0.25) is 5.95 Å². The van der Waals surface area contributed by atoms with Gasteiger partial charge in [0.1, 0.15) is 0 Å². The summed E-state index contributed by atoms with van der Waals surface area (Å²) in [6.45, 7) is 7.45. The van der Waals surface area contributed by atoms with E-state index in [4.69, 9.17) is 16.3 Å². The minimum absolute atomic E-state index is 0.355. The Balaban J connectivity index is 1.66. The third-order valence-corrected chi connectivity index (χ3v) is 3.19.